The van der Waals surface area contributed by atoms with Crippen LogP contribution in [0.2, 0.25) is 0 Å². The molecule has 13 heavy (non-hydrogen) atoms. The lowest BCUT2D eigenvalue weighted by Gasteiger charge is -2.21. The summed E-state index contributed by atoms with van der Waals surface area (Å²) in [4.78, 5) is 0. The molecule has 0 aromatic carbocycles. The Morgan fingerprint density at radius 2 is 1.54 bits per heavy atom. The molecule has 0 amide bonds. The Bertz CT molecular complexity index is 112. The third-order valence-corrected chi connectivity index (χ3v) is 3.04. The predicted molar refractivity (Wildman–Crippen MR) is 58.9 cm³/mol. The summed E-state index contributed by atoms with van der Waals surface area (Å²) in [6.07, 6.45) is 10.3. The molecule has 0 unspecified atom stereocenters. The molecule has 1 rings (SSSR count). The highest BCUT2D eigenvalue weighted by Crippen LogP contribution is 2.21. The maximum atomic E-state index is 3.56. The Labute approximate surface area is 83.3 Å². The van der Waals surface area contributed by atoms with Gasteiger partial charge in [-0.1, -0.05) is 46.0 Å². The molecule has 0 spiro atoms. The van der Waals surface area contributed by atoms with Gasteiger partial charge in [-0.2, -0.15) is 0 Å². The molecule has 0 heterocycles. The van der Waals surface area contributed by atoms with E-state index in [4.69, 9.17) is 0 Å². The van der Waals surface area contributed by atoms with Gasteiger partial charge in [-0.25, -0.2) is 0 Å². The van der Waals surface area contributed by atoms with Crippen molar-refractivity contribution in [2.24, 2.45) is 5.92 Å². The van der Waals surface area contributed by atoms with Crippen molar-refractivity contribution in [1.82, 2.24) is 5.32 Å². The minimum absolute atomic E-state index is 0.658. The number of nitrogens with one attached hydrogen (secondary N) is 1. The van der Waals surface area contributed by atoms with Crippen molar-refractivity contribution in [3.63, 3.8) is 0 Å². The van der Waals surface area contributed by atoms with Crippen LogP contribution in [0.1, 0.15) is 58.8 Å². The summed E-state index contributed by atoms with van der Waals surface area (Å²) in [5.41, 5.74) is 0. The average Bonchev–Trinajstić information content (AvgIpc) is 2.01. The average molecular weight is 183 g/mol. The lowest BCUT2D eigenvalue weighted by atomic mass is 9.91. The van der Waals surface area contributed by atoms with E-state index in [1.54, 1.807) is 0 Å². The molecular weight excluding hydrogens is 158 g/mol. The van der Waals surface area contributed by atoms with Gasteiger partial charge in [0.2, 0.25) is 0 Å². The molecule has 0 radical (unpaired) electrons. The molecule has 0 bridgehead atoms. The number of rotatable bonds is 3. The molecule has 1 saturated carbocycles. The van der Waals surface area contributed by atoms with Crippen molar-refractivity contribution >= 4 is 0 Å². The van der Waals surface area contributed by atoms with Crippen molar-refractivity contribution in [3.05, 3.63) is 0 Å². The molecule has 1 N–H and O–H groups in total. The molecule has 0 aromatic heterocycles. The largest absolute Gasteiger partial charge is 0.314 e. The zero-order valence-electron chi connectivity index (χ0n) is 9.31. The Morgan fingerprint density at radius 3 is 2.08 bits per heavy atom. The molecule has 0 aliphatic heterocycles. The van der Waals surface area contributed by atoms with E-state index >= 15 is 0 Å². The maximum absolute atomic E-state index is 3.56. The van der Waals surface area contributed by atoms with E-state index in [9.17, 15) is 0 Å². The lowest BCUT2D eigenvalue weighted by Crippen LogP contribution is -2.29. The molecule has 1 fully saturated rings. The van der Waals surface area contributed by atoms with Crippen LogP contribution >= 0.6 is 0 Å². The first kappa shape index (κ1) is 11.0. The minimum Gasteiger partial charge on any atom is -0.314 e. The Morgan fingerprint density at radius 1 is 1.00 bits per heavy atom. The zero-order chi connectivity index (χ0) is 9.52. The van der Waals surface area contributed by atoms with Crippen LogP contribution in [-0.4, -0.2) is 12.6 Å². The summed E-state index contributed by atoms with van der Waals surface area (Å²) in [6, 6.07) is 0.658. The molecule has 1 nitrogen and oxygen atoms in total. The van der Waals surface area contributed by atoms with Gasteiger partial charge >= 0.3 is 0 Å². The molecule has 0 aromatic rings. The first-order valence-electron chi connectivity index (χ1n) is 6.02. The molecular formula is C12H25N. The van der Waals surface area contributed by atoms with Gasteiger partial charge in [0.25, 0.3) is 0 Å². The molecule has 1 aliphatic rings. The number of hydrogen-bond donors (Lipinski definition) is 1. The van der Waals surface area contributed by atoms with Crippen molar-refractivity contribution in [3.8, 4) is 0 Å². The van der Waals surface area contributed by atoms with E-state index in [-0.39, 0.29) is 0 Å². The van der Waals surface area contributed by atoms with Crippen LogP contribution in [0.3, 0.4) is 0 Å². The van der Waals surface area contributed by atoms with E-state index in [2.05, 4.69) is 19.2 Å². The van der Waals surface area contributed by atoms with Crippen LogP contribution in [-0.2, 0) is 0 Å². The van der Waals surface area contributed by atoms with E-state index in [0.717, 1.165) is 5.92 Å². The fourth-order valence-corrected chi connectivity index (χ4v) is 2.15. The standard InChI is InChI=1S/C12H25N/c1-11(2)13-10-12-8-6-4-3-5-7-9-12/h11-13H,3-10H2,1-2H3. The van der Waals surface area contributed by atoms with E-state index in [0.29, 0.717) is 6.04 Å². The summed E-state index contributed by atoms with van der Waals surface area (Å²) in [5.74, 6) is 0.961. The fraction of sp³-hybridized carbons (Fsp3) is 1.00. The van der Waals surface area contributed by atoms with Gasteiger partial charge < -0.3 is 5.32 Å². The summed E-state index contributed by atoms with van der Waals surface area (Å²) >= 11 is 0. The third-order valence-electron chi connectivity index (χ3n) is 3.04. The normalized spacial score (nSPS) is 21.5. The quantitative estimate of drug-likeness (QED) is 0.707. The topological polar surface area (TPSA) is 12.0 Å². The van der Waals surface area contributed by atoms with Crippen LogP contribution in [0.15, 0.2) is 0 Å². The Kier molecular flexibility index (Phi) is 5.45. The van der Waals surface area contributed by atoms with E-state index in [1.165, 1.54) is 51.5 Å². The van der Waals surface area contributed by atoms with Gasteiger partial charge in [0, 0.05) is 6.04 Å². The number of hydrogen-bond acceptors (Lipinski definition) is 1. The second-order valence-corrected chi connectivity index (χ2v) is 4.77. The monoisotopic (exact) mass is 183 g/mol. The maximum Gasteiger partial charge on any atom is 0.00104 e. The first-order chi connectivity index (χ1) is 6.29. The molecule has 78 valence electrons. The summed E-state index contributed by atoms with van der Waals surface area (Å²) in [7, 11) is 0. The van der Waals surface area contributed by atoms with Gasteiger partial charge in [-0.15, -0.1) is 0 Å². The van der Waals surface area contributed by atoms with Gasteiger partial charge in [-0.3, -0.25) is 0 Å². The van der Waals surface area contributed by atoms with Gasteiger partial charge in [0.05, 0.1) is 0 Å². The zero-order valence-corrected chi connectivity index (χ0v) is 9.31. The van der Waals surface area contributed by atoms with Crippen molar-refractivity contribution < 1.29 is 0 Å². The molecule has 0 atom stereocenters. The van der Waals surface area contributed by atoms with Gasteiger partial charge in [0.15, 0.2) is 0 Å². The second kappa shape index (κ2) is 6.42. The van der Waals surface area contributed by atoms with Crippen LogP contribution in [0, 0.1) is 5.92 Å². The predicted octanol–water partition coefficient (Wildman–Crippen LogP) is 3.34. The third kappa shape index (κ3) is 5.30. The highest BCUT2D eigenvalue weighted by molar-refractivity contribution is 4.67. The first-order valence-corrected chi connectivity index (χ1v) is 6.02. The Balaban J connectivity index is 2.14. The second-order valence-electron chi connectivity index (χ2n) is 4.77. The SMILES string of the molecule is CC(C)NCC1CCCCCCC1. The summed E-state index contributed by atoms with van der Waals surface area (Å²) in [5, 5.41) is 3.56. The van der Waals surface area contributed by atoms with Crippen LogP contribution in [0.5, 0.6) is 0 Å². The highest BCUT2D eigenvalue weighted by Gasteiger charge is 2.10. The lowest BCUT2D eigenvalue weighted by molar-refractivity contribution is 0.352. The summed E-state index contributed by atoms with van der Waals surface area (Å²) < 4.78 is 0. The van der Waals surface area contributed by atoms with Crippen molar-refractivity contribution in [2.75, 3.05) is 6.54 Å². The van der Waals surface area contributed by atoms with Crippen molar-refractivity contribution in [2.45, 2.75) is 64.8 Å². The summed E-state index contributed by atoms with van der Waals surface area (Å²) in [6.45, 7) is 5.73. The van der Waals surface area contributed by atoms with E-state index < -0.39 is 0 Å². The fourth-order valence-electron chi connectivity index (χ4n) is 2.15. The van der Waals surface area contributed by atoms with Gasteiger partial charge in [0.1, 0.15) is 0 Å². The molecule has 0 saturated heterocycles. The van der Waals surface area contributed by atoms with Crippen LogP contribution < -0.4 is 5.32 Å². The molecule has 1 aliphatic carbocycles. The smallest absolute Gasteiger partial charge is 0.00104 e. The minimum atomic E-state index is 0.658. The highest BCUT2D eigenvalue weighted by atomic mass is 14.9. The van der Waals surface area contributed by atoms with Crippen molar-refractivity contribution in [1.29, 1.82) is 0 Å². The van der Waals surface area contributed by atoms with Gasteiger partial charge in [-0.05, 0) is 25.3 Å². The van der Waals surface area contributed by atoms with Crippen LogP contribution in [0.25, 0.3) is 0 Å². The van der Waals surface area contributed by atoms with E-state index in [1.807, 2.05) is 0 Å². The molecule has 1 heteroatoms. The van der Waals surface area contributed by atoms with Crippen LogP contribution in [0.4, 0.5) is 0 Å². The Hall–Kier alpha value is -0.0400.